The van der Waals surface area contributed by atoms with Crippen LogP contribution < -0.4 is 4.90 Å². The van der Waals surface area contributed by atoms with Crippen molar-refractivity contribution >= 4 is 15.8 Å². The number of hydrogen-bond acceptors (Lipinski definition) is 3. The van der Waals surface area contributed by atoms with Crippen LogP contribution in [0.3, 0.4) is 0 Å². The highest BCUT2D eigenvalue weighted by Gasteiger charge is 2.30. The van der Waals surface area contributed by atoms with Crippen LogP contribution in [-0.2, 0) is 16.3 Å². The molecule has 0 saturated carbocycles. The van der Waals surface area contributed by atoms with Crippen molar-refractivity contribution in [1.82, 2.24) is 0 Å². The van der Waals surface area contributed by atoms with Gasteiger partial charge in [-0.05, 0) is 44.5 Å². The van der Waals surface area contributed by atoms with Crippen LogP contribution >= 0.6 is 0 Å². The second-order valence-electron chi connectivity index (χ2n) is 4.97. The number of alkyl halides is 3. The predicted octanol–water partition coefficient (Wildman–Crippen LogP) is 3.20. The number of halogens is 3. The van der Waals surface area contributed by atoms with Crippen molar-refractivity contribution in [3.63, 3.8) is 0 Å². The van der Waals surface area contributed by atoms with Crippen molar-refractivity contribution in [3.05, 3.63) is 29.8 Å². The summed E-state index contributed by atoms with van der Waals surface area (Å²) < 4.78 is 67.6. The van der Waals surface area contributed by atoms with Gasteiger partial charge in [0.25, 0.3) is 10.1 Å². The maximum absolute atomic E-state index is 12.5. The normalized spacial score (nSPS) is 12.7. The van der Waals surface area contributed by atoms with E-state index >= 15 is 0 Å². The molecular formula is C13H18F3NO3S. The maximum Gasteiger partial charge on any atom is 0.416 e. The molecule has 0 bridgehead atoms. The molecule has 4 nitrogen and oxygen atoms in total. The van der Waals surface area contributed by atoms with Crippen molar-refractivity contribution in [2.75, 3.05) is 17.2 Å². The van der Waals surface area contributed by atoms with E-state index in [4.69, 9.17) is 4.55 Å². The molecule has 0 spiro atoms. The van der Waals surface area contributed by atoms with E-state index in [0.717, 1.165) is 12.1 Å². The first-order valence-corrected chi connectivity index (χ1v) is 8.00. The van der Waals surface area contributed by atoms with Gasteiger partial charge in [-0.3, -0.25) is 4.55 Å². The molecule has 0 heterocycles. The van der Waals surface area contributed by atoms with Gasteiger partial charge in [0, 0.05) is 18.3 Å². The van der Waals surface area contributed by atoms with Gasteiger partial charge in [0.15, 0.2) is 0 Å². The Hall–Kier alpha value is -1.28. The Labute approximate surface area is 122 Å². The molecule has 0 unspecified atom stereocenters. The van der Waals surface area contributed by atoms with Gasteiger partial charge in [-0.25, -0.2) is 0 Å². The zero-order valence-electron chi connectivity index (χ0n) is 11.8. The summed E-state index contributed by atoms with van der Waals surface area (Å²) in [6.45, 7) is 4.03. The lowest BCUT2D eigenvalue weighted by atomic mass is 10.1. The van der Waals surface area contributed by atoms with Gasteiger partial charge in [0.2, 0.25) is 0 Å². The van der Waals surface area contributed by atoms with Crippen molar-refractivity contribution in [3.8, 4) is 0 Å². The largest absolute Gasteiger partial charge is 0.416 e. The molecule has 1 rings (SSSR count). The Balaban J connectivity index is 2.82. The molecular weight excluding hydrogens is 307 g/mol. The zero-order valence-corrected chi connectivity index (χ0v) is 12.6. The van der Waals surface area contributed by atoms with Gasteiger partial charge in [-0.15, -0.1) is 0 Å². The van der Waals surface area contributed by atoms with E-state index in [2.05, 4.69) is 0 Å². The molecule has 1 N–H and O–H groups in total. The summed E-state index contributed by atoms with van der Waals surface area (Å²) in [7, 11) is -4.03. The molecule has 8 heteroatoms. The fourth-order valence-corrected chi connectivity index (χ4v) is 2.44. The first kappa shape index (κ1) is 17.8. The standard InChI is InChI=1S/C13H18F3NO3S/c1-10(2)17(8-3-9-21(18,19)20)12-6-4-11(5-7-12)13(14,15)16/h4-7,10H,3,8-9H2,1-2H3,(H,18,19,20). The minimum Gasteiger partial charge on any atom is -0.369 e. The van der Waals surface area contributed by atoms with Crippen LogP contribution in [0.2, 0.25) is 0 Å². The third-order valence-corrected chi connectivity index (χ3v) is 3.76. The summed E-state index contributed by atoms with van der Waals surface area (Å²) in [4.78, 5) is 1.78. The molecule has 0 aliphatic rings. The van der Waals surface area contributed by atoms with E-state index < -0.39 is 21.9 Å². The molecule has 0 fully saturated rings. The first-order chi connectivity index (χ1) is 9.50. The molecule has 0 aromatic heterocycles. The number of hydrogen-bond donors (Lipinski definition) is 1. The Morgan fingerprint density at radius 1 is 1.19 bits per heavy atom. The highest BCUT2D eigenvalue weighted by atomic mass is 32.2. The molecule has 0 saturated heterocycles. The van der Waals surface area contributed by atoms with Crippen molar-refractivity contribution in [2.24, 2.45) is 0 Å². The van der Waals surface area contributed by atoms with Gasteiger partial charge in [0.05, 0.1) is 11.3 Å². The molecule has 1 aromatic rings. The van der Waals surface area contributed by atoms with Gasteiger partial charge in [-0.1, -0.05) is 0 Å². The average molecular weight is 325 g/mol. The van der Waals surface area contributed by atoms with E-state index in [1.165, 1.54) is 12.1 Å². The summed E-state index contributed by atoms with van der Waals surface area (Å²) in [6.07, 6.45) is -4.19. The molecule has 21 heavy (non-hydrogen) atoms. The van der Waals surface area contributed by atoms with Crippen LogP contribution in [0.5, 0.6) is 0 Å². The molecule has 0 radical (unpaired) electrons. The van der Waals surface area contributed by atoms with Crippen LogP contribution in [0.1, 0.15) is 25.8 Å². The summed E-state index contributed by atoms with van der Waals surface area (Å²) in [5.41, 5.74) is -0.152. The number of anilines is 1. The Morgan fingerprint density at radius 2 is 1.71 bits per heavy atom. The smallest absolute Gasteiger partial charge is 0.369 e. The average Bonchev–Trinajstić information content (AvgIpc) is 2.32. The van der Waals surface area contributed by atoms with E-state index in [0.29, 0.717) is 12.2 Å². The topological polar surface area (TPSA) is 57.6 Å². The lowest BCUT2D eigenvalue weighted by Crippen LogP contribution is -2.32. The maximum atomic E-state index is 12.5. The quantitative estimate of drug-likeness (QED) is 0.816. The predicted molar refractivity (Wildman–Crippen MR) is 75.0 cm³/mol. The van der Waals surface area contributed by atoms with Crippen LogP contribution in [0, 0.1) is 0 Å². The van der Waals surface area contributed by atoms with Gasteiger partial charge in [-0.2, -0.15) is 21.6 Å². The molecule has 0 aliphatic carbocycles. The van der Waals surface area contributed by atoms with Crippen molar-refractivity contribution < 1.29 is 26.1 Å². The Bertz CT molecular complexity index is 553. The second kappa shape index (κ2) is 6.65. The fraction of sp³-hybridized carbons (Fsp3) is 0.538. The van der Waals surface area contributed by atoms with Gasteiger partial charge in [0.1, 0.15) is 0 Å². The molecule has 120 valence electrons. The van der Waals surface area contributed by atoms with E-state index in [-0.39, 0.29) is 18.2 Å². The Kier molecular flexibility index (Phi) is 5.63. The SMILES string of the molecule is CC(C)N(CCCS(=O)(=O)O)c1ccc(C(F)(F)F)cc1. The molecule has 0 atom stereocenters. The number of rotatable bonds is 6. The lowest BCUT2D eigenvalue weighted by Gasteiger charge is -2.29. The van der Waals surface area contributed by atoms with E-state index in [1.807, 2.05) is 13.8 Å². The minimum atomic E-state index is -4.38. The highest BCUT2D eigenvalue weighted by molar-refractivity contribution is 7.85. The molecule has 0 amide bonds. The third-order valence-electron chi connectivity index (χ3n) is 2.95. The Morgan fingerprint density at radius 3 is 2.10 bits per heavy atom. The third kappa shape index (κ3) is 5.92. The summed E-state index contributed by atoms with van der Waals surface area (Å²) in [5.74, 6) is -0.378. The van der Waals surface area contributed by atoms with Crippen LogP contribution in [0.15, 0.2) is 24.3 Å². The molecule has 0 aliphatic heterocycles. The summed E-state index contributed by atoms with van der Waals surface area (Å²) >= 11 is 0. The zero-order chi connectivity index (χ0) is 16.3. The van der Waals surface area contributed by atoms with Crippen molar-refractivity contribution in [1.29, 1.82) is 0 Å². The highest BCUT2D eigenvalue weighted by Crippen LogP contribution is 2.30. The van der Waals surface area contributed by atoms with E-state index in [9.17, 15) is 21.6 Å². The van der Waals surface area contributed by atoms with Crippen LogP contribution in [-0.4, -0.2) is 31.3 Å². The monoisotopic (exact) mass is 325 g/mol. The number of nitrogens with zero attached hydrogens (tertiary/aromatic N) is 1. The van der Waals surface area contributed by atoms with Crippen molar-refractivity contribution in [2.45, 2.75) is 32.5 Å². The van der Waals surface area contributed by atoms with Crippen LogP contribution in [0.4, 0.5) is 18.9 Å². The van der Waals surface area contributed by atoms with E-state index in [1.54, 1.807) is 4.90 Å². The minimum absolute atomic E-state index is 0.0110. The summed E-state index contributed by atoms with van der Waals surface area (Å²) in [5, 5.41) is 0. The second-order valence-corrected chi connectivity index (χ2v) is 6.54. The summed E-state index contributed by atoms with van der Waals surface area (Å²) in [6, 6.07) is 4.69. The lowest BCUT2D eigenvalue weighted by molar-refractivity contribution is -0.137. The fourth-order valence-electron chi connectivity index (χ4n) is 1.94. The molecule has 1 aromatic carbocycles. The van der Waals surface area contributed by atoms with Gasteiger partial charge < -0.3 is 4.90 Å². The number of benzene rings is 1. The van der Waals surface area contributed by atoms with Gasteiger partial charge >= 0.3 is 6.18 Å². The first-order valence-electron chi connectivity index (χ1n) is 6.40. The van der Waals surface area contributed by atoms with Crippen LogP contribution in [0.25, 0.3) is 0 Å².